The minimum atomic E-state index is -0.400. The molecule has 1 fully saturated rings. The Morgan fingerprint density at radius 3 is 2.32 bits per heavy atom. The molecule has 1 aromatic carbocycles. The summed E-state index contributed by atoms with van der Waals surface area (Å²) in [6.45, 7) is 6.23. The molecule has 140 valence electrons. The van der Waals surface area contributed by atoms with Crippen LogP contribution >= 0.6 is 24.0 Å². The van der Waals surface area contributed by atoms with Crippen LogP contribution in [-0.4, -0.2) is 25.5 Å². The second-order valence-corrected chi connectivity index (χ2v) is 7.29. The van der Waals surface area contributed by atoms with Crippen molar-refractivity contribution in [2.24, 2.45) is 22.1 Å². The number of halogens is 1. The van der Waals surface area contributed by atoms with E-state index in [0.29, 0.717) is 17.5 Å². The van der Waals surface area contributed by atoms with Gasteiger partial charge in [-0.05, 0) is 48.3 Å². The van der Waals surface area contributed by atoms with Gasteiger partial charge in [0.15, 0.2) is 5.96 Å². The third-order valence-corrected chi connectivity index (χ3v) is 4.81. The van der Waals surface area contributed by atoms with Gasteiger partial charge in [0.1, 0.15) is 0 Å². The number of benzene rings is 1. The maximum absolute atomic E-state index is 11.1. The zero-order valence-electron chi connectivity index (χ0n) is 15.5. The van der Waals surface area contributed by atoms with Gasteiger partial charge in [0.25, 0.3) is 0 Å². The van der Waals surface area contributed by atoms with E-state index in [9.17, 15) is 4.79 Å². The number of hydrogen-bond donors (Lipinski definition) is 3. The quantitative estimate of drug-likeness (QED) is 0.333. The van der Waals surface area contributed by atoms with Gasteiger partial charge in [-0.3, -0.25) is 9.79 Å². The molecule has 1 aliphatic rings. The molecule has 0 saturated heterocycles. The number of primary amides is 1. The van der Waals surface area contributed by atoms with E-state index in [1.54, 1.807) is 19.2 Å². The minimum Gasteiger partial charge on any atom is -0.366 e. The van der Waals surface area contributed by atoms with Crippen molar-refractivity contribution in [1.29, 1.82) is 0 Å². The van der Waals surface area contributed by atoms with Gasteiger partial charge in [0.05, 0.1) is 0 Å². The maximum Gasteiger partial charge on any atom is 0.248 e. The van der Waals surface area contributed by atoms with Crippen molar-refractivity contribution in [3.8, 4) is 0 Å². The summed E-state index contributed by atoms with van der Waals surface area (Å²) in [6, 6.07) is 7.32. The largest absolute Gasteiger partial charge is 0.366 e. The Hall–Kier alpha value is -1.31. The van der Waals surface area contributed by atoms with Crippen molar-refractivity contribution >= 4 is 35.8 Å². The SMILES string of the molecule is CN=C(NCc1ccc(C(N)=O)cc1)NCC1(CC(C)C)CCC1.I. The van der Waals surface area contributed by atoms with E-state index in [-0.39, 0.29) is 24.0 Å². The molecule has 0 heterocycles. The molecule has 1 saturated carbocycles. The van der Waals surface area contributed by atoms with Crippen LogP contribution in [0.1, 0.15) is 55.5 Å². The molecule has 0 unspecified atom stereocenters. The lowest BCUT2D eigenvalue weighted by Gasteiger charge is -2.43. The van der Waals surface area contributed by atoms with E-state index in [0.717, 1.165) is 24.0 Å². The molecule has 0 aliphatic heterocycles. The fraction of sp³-hybridized carbons (Fsp3) is 0.579. The first-order valence-corrected chi connectivity index (χ1v) is 8.77. The van der Waals surface area contributed by atoms with E-state index in [4.69, 9.17) is 5.73 Å². The molecule has 0 bridgehead atoms. The van der Waals surface area contributed by atoms with Gasteiger partial charge in [-0.1, -0.05) is 32.4 Å². The average molecular weight is 458 g/mol. The molecule has 0 atom stereocenters. The molecule has 0 aromatic heterocycles. The summed E-state index contributed by atoms with van der Waals surface area (Å²) in [5.74, 6) is 1.15. The van der Waals surface area contributed by atoms with Gasteiger partial charge >= 0.3 is 0 Å². The number of hydrogen-bond acceptors (Lipinski definition) is 2. The number of carbonyl (C=O) groups excluding carboxylic acids is 1. The monoisotopic (exact) mass is 458 g/mol. The van der Waals surface area contributed by atoms with Crippen LogP contribution in [0.15, 0.2) is 29.3 Å². The number of nitrogens with zero attached hydrogens (tertiary/aromatic N) is 1. The first-order chi connectivity index (χ1) is 11.4. The lowest BCUT2D eigenvalue weighted by Crippen LogP contribution is -2.46. The second-order valence-electron chi connectivity index (χ2n) is 7.29. The summed E-state index contributed by atoms with van der Waals surface area (Å²) in [4.78, 5) is 15.4. The number of aliphatic imine (C=N–C) groups is 1. The molecule has 0 spiro atoms. The number of guanidine groups is 1. The van der Waals surface area contributed by atoms with Crippen LogP contribution in [0.2, 0.25) is 0 Å². The molecule has 0 radical (unpaired) electrons. The molecule has 1 amide bonds. The van der Waals surface area contributed by atoms with E-state index in [1.165, 1.54) is 25.7 Å². The van der Waals surface area contributed by atoms with Crippen molar-refractivity contribution in [1.82, 2.24) is 10.6 Å². The van der Waals surface area contributed by atoms with Crippen molar-refractivity contribution in [2.45, 2.75) is 46.1 Å². The summed E-state index contributed by atoms with van der Waals surface area (Å²) in [5.41, 5.74) is 7.31. The Kier molecular flexibility index (Phi) is 8.68. The molecule has 2 rings (SSSR count). The van der Waals surface area contributed by atoms with Gasteiger partial charge in [-0.2, -0.15) is 0 Å². The van der Waals surface area contributed by atoms with Crippen LogP contribution in [0.3, 0.4) is 0 Å². The highest BCUT2D eigenvalue weighted by atomic mass is 127. The van der Waals surface area contributed by atoms with Crippen LogP contribution in [0, 0.1) is 11.3 Å². The number of carbonyl (C=O) groups is 1. The summed E-state index contributed by atoms with van der Waals surface area (Å²) in [6.07, 6.45) is 5.23. The second kappa shape index (κ2) is 9.99. The van der Waals surface area contributed by atoms with Crippen molar-refractivity contribution in [3.63, 3.8) is 0 Å². The minimum absolute atomic E-state index is 0. The van der Waals surface area contributed by atoms with E-state index in [1.807, 2.05) is 12.1 Å². The number of nitrogens with two attached hydrogens (primary N) is 1. The van der Waals surface area contributed by atoms with E-state index in [2.05, 4.69) is 29.5 Å². The van der Waals surface area contributed by atoms with Crippen LogP contribution in [0.5, 0.6) is 0 Å². The molecular formula is C19H31IN4O. The smallest absolute Gasteiger partial charge is 0.248 e. The van der Waals surface area contributed by atoms with E-state index < -0.39 is 5.91 Å². The highest BCUT2D eigenvalue weighted by Gasteiger charge is 2.37. The zero-order valence-corrected chi connectivity index (χ0v) is 17.8. The summed E-state index contributed by atoms with van der Waals surface area (Å²) in [7, 11) is 1.79. The number of amides is 1. The third-order valence-electron chi connectivity index (χ3n) is 4.81. The molecule has 6 heteroatoms. The normalized spacial score (nSPS) is 15.9. The fourth-order valence-electron chi connectivity index (χ4n) is 3.46. The summed E-state index contributed by atoms with van der Waals surface area (Å²) in [5, 5.41) is 6.81. The molecular weight excluding hydrogens is 427 g/mol. The average Bonchev–Trinajstić information content (AvgIpc) is 2.52. The predicted molar refractivity (Wildman–Crippen MR) is 114 cm³/mol. The Labute approximate surface area is 168 Å². The van der Waals surface area contributed by atoms with Gasteiger partial charge in [-0.25, -0.2) is 0 Å². The van der Waals surface area contributed by atoms with Crippen LogP contribution in [0.4, 0.5) is 0 Å². The van der Waals surface area contributed by atoms with Gasteiger partial charge in [0, 0.05) is 25.7 Å². The van der Waals surface area contributed by atoms with Gasteiger partial charge < -0.3 is 16.4 Å². The zero-order chi connectivity index (χ0) is 17.6. The lowest BCUT2D eigenvalue weighted by molar-refractivity contribution is 0.1000. The Balaban J connectivity index is 0.00000312. The standard InChI is InChI=1S/C19H30N4O.HI/c1-14(2)11-19(9-4-10-19)13-23-18(21-3)22-12-15-5-7-16(8-6-15)17(20)24;/h5-8,14H,4,9-13H2,1-3H3,(H2,20,24)(H2,21,22,23);1H. The van der Waals surface area contributed by atoms with Gasteiger partial charge in [-0.15, -0.1) is 24.0 Å². The van der Waals surface area contributed by atoms with Crippen molar-refractivity contribution in [3.05, 3.63) is 35.4 Å². The van der Waals surface area contributed by atoms with Crippen molar-refractivity contribution < 1.29 is 4.79 Å². The molecule has 1 aliphatic carbocycles. The van der Waals surface area contributed by atoms with Crippen LogP contribution in [-0.2, 0) is 6.54 Å². The highest BCUT2D eigenvalue weighted by Crippen LogP contribution is 2.45. The first-order valence-electron chi connectivity index (χ1n) is 8.77. The fourth-order valence-corrected chi connectivity index (χ4v) is 3.46. The highest BCUT2D eigenvalue weighted by molar-refractivity contribution is 14.0. The predicted octanol–water partition coefficient (Wildman–Crippen LogP) is 3.28. The maximum atomic E-state index is 11.1. The molecule has 4 N–H and O–H groups in total. The van der Waals surface area contributed by atoms with Crippen LogP contribution < -0.4 is 16.4 Å². The number of rotatable bonds is 7. The topological polar surface area (TPSA) is 79.5 Å². The van der Waals surface area contributed by atoms with Gasteiger partial charge in [0.2, 0.25) is 5.91 Å². The molecule has 5 nitrogen and oxygen atoms in total. The lowest BCUT2D eigenvalue weighted by atomic mass is 9.64. The molecule has 25 heavy (non-hydrogen) atoms. The third kappa shape index (κ3) is 6.49. The Bertz CT molecular complexity index is 580. The Morgan fingerprint density at radius 1 is 1.24 bits per heavy atom. The first kappa shape index (κ1) is 21.7. The van der Waals surface area contributed by atoms with Crippen molar-refractivity contribution in [2.75, 3.05) is 13.6 Å². The van der Waals surface area contributed by atoms with Crippen LogP contribution in [0.25, 0.3) is 0 Å². The Morgan fingerprint density at radius 2 is 1.88 bits per heavy atom. The summed E-state index contributed by atoms with van der Waals surface area (Å²) < 4.78 is 0. The molecule has 1 aromatic rings. The summed E-state index contributed by atoms with van der Waals surface area (Å²) >= 11 is 0. The van der Waals surface area contributed by atoms with E-state index >= 15 is 0 Å². The number of nitrogens with one attached hydrogen (secondary N) is 2.